The molecule has 2 fully saturated rings. The third-order valence-electron chi connectivity index (χ3n) is 6.11. The molecule has 1 nitrogen and oxygen atoms in total. The van der Waals surface area contributed by atoms with Crippen LogP contribution in [-0.4, -0.2) is 12.6 Å². The summed E-state index contributed by atoms with van der Waals surface area (Å²) in [5.41, 5.74) is 1.07. The fourth-order valence-electron chi connectivity index (χ4n) is 4.24. The first-order chi connectivity index (χ1) is 7.75. The highest BCUT2D eigenvalue weighted by molar-refractivity contribution is 5.13. The fourth-order valence-corrected chi connectivity index (χ4v) is 4.24. The minimum Gasteiger partial charge on any atom is -0.314 e. The molecule has 2 saturated carbocycles. The van der Waals surface area contributed by atoms with Crippen LogP contribution in [0, 0.1) is 28.6 Å². The van der Waals surface area contributed by atoms with E-state index >= 15 is 0 Å². The van der Waals surface area contributed by atoms with E-state index in [1.165, 1.54) is 25.8 Å². The van der Waals surface area contributed by atoms with Crippen LogP contribution in [0.5, 0.6) is 0 Å². The molecule has 0 saturated heterocycles. The van der Waals surface area contributed by atoms with Crippen molar-refractivity contribution in [3.8, 4) is 0 Å². The van der Waals surface area contributed by atoms with Crippen LogP contribution in [-0.2, 0) is 0 Å². The minimum absolute atomic E-state index is 0.534. The van der Waals surface area contributed by atoms with E-state index < -0.39 is 0 Å². The van der Waals surface area contributed by atoms with Crippen molar-refractivity contribution in [2.75, 3.05) is 6.54 Å². The molecule has 0 heterocycles. The van der Waals surface area contributed by atoms with Gasteiger partial charge < -0.3 is 5.32 Å². The Hall–Kier alpha value is -0.0400. The number of hydrogen-bond acceptors (Lipinski definition) is 1. The first-order valence-corrected chi connectivity index (χ1v) is 7.48. The van der Waals surface area contributed by atoms with Gasteiger partial charge in [0.2, 0.25) is 0 Å². The van der Waals surface area contributed by atoms with Crippen LogP contribution in [0.1, 0.15) is 60.8 Å². The van der Waals surface area contributed by atoms with E-state index in [9.17, 15) is 0 Å². The third kappa shape index (κ3) is 2.41. The lowest BCUT2D eigenvalue weighted by molar-refractivity contribution is 0.235. The average molecular weight is 237 g/mol. The van der Waals surface area contributed by atoms with Gasteiger partial charge in [0.25, 0.3) is 0 Å². The van der Waals surface area contributed by atoms with Gasteiger partial charge in [0, 0.05) is 6.04 Å². The van der Waals surface area contributed by atoms with E-state index in [0.717, 1.165) is 23.8 Å². The van der Waals surface area contributed by atoms with Gasteiger partial charge >= 0.3 is 0 Å². The van der Waals surface area contributed by atoms with Gasteiger partial charge in [-0.15, -0.1) is 0 Å². The minimum atomic E-state index is 0.534. The maximum absolute atomic E-state index is 3.86. The van der Waals surface area contributed by atoms with E-state index in [-0.39, 0.29) is 0 Å². The summed E-state index contributed by atoms with van der Waals surface area (Å²) in [7, 11) is 0. The van der Waals surface area contributed by atoms with Crippen molar-refractivity contribution in [3.63, 3.8) is 0 Å². The fraction of sp³-hybridized carbons (Fsp3) is 1.00. The molecule has 0 spiro atoms. The summed E-state index contributed by atoms with van der Waals surface area (Å²) in [6, 6.07) is 0.779. The van der Waals surface area contributed by atoms with E-state index in [1.54, 1.807) is 0 Å². The molecule has 1 heteroatoms. The van der Waals surface area contributed by atoms with Crippen LogP contribution in [0.25, 0.3) is 0 Å². The molecule has 0 aromatic carbocycles. The number of hydrogen-bond donors (Lipinski definition) is 1. The van der Waals surface area contributed by atoms with Crippen LogP contribution in [0.15, 0.2) is 0 Å². The Kier molecular flexibility index (Phi) is 3.36. The summed E-state index contributed by atoms with van der Waals surface area (Å²) < 4.78 is 0. The van der Waals surface area contributed by atoms with Gasteiger partial charge in [-0.1, -0.05) is 41.5 Å². The maximum atomic E-state index is 3.86. The monoisotopic (exact) mass is 237 g/mol. The van der Waals surface area contributed by atoms with Gasteiger partial charge in [-0.05, 0) is 54.4 Å². The largest absolute Gasteiger partial charge is 0.314 e. The quantitative estimate of drug-likeness (QED) is 0.780. The Balaban J connectivity index is 1.80. The molecule has 2 aliphatic carbocycles. The molecule has 0 amide bonds. The molecule has 2 atom stereocenters. The lowest BCUT2D eigenvalue weighted by Gasteiger charge is -2.32. The van der Waals surface area contributed by atoms with Crippen LogP contribution in [0.2, 0.25) is 0 Å². The lowest BCUT2D eigenvalue weighted by Crippen LogP contribution is -2.38. The molecule has 1 N–H and O–H groups in total. The SMILES string of the molecule is CC1CC(C)CC(NCC2C(C)(C)C2(C)C)C1. The van der Waals surface area contributed by atoms with Gasteiger partial charge in [0.05, 0.1) is 0 Å². The van der Waals surface area contributed by atoms with Crippen molar-refractivity contribution in [2.24, 2.45) is 28.6 Å². The Labute approximate surface area is 108 Å². The summed E-state index contributed by atoms with van der Waals surface area (Å²) in [5, 5.41) is 3.86. The van der Waals surface area contributed by atoms with Gasteiger partial charge in [-0.3, -0.25) is 0 Å². The lowest BCUT2D eigenvalue weighted by atomic mass is 9.80. The topological polar surface area (TPSA) is 12.0 Å². The van der Waals surface area contributed by atoms with Crippen molar-refractivity contribution in [1.29, 1.82) is 0 Å². The Bertz CT molecular complexity index is 255. The zero-order valence-electron chi connectivity index (χ0n) is 12.6. The third-order valence-corrected chi connectivity index (χ3v) is 6.11. The van der Waals surface area contributed by atoms with Crippen molar-refractivity contribution in [1.82, 2.24) is 5.32 Å². The predicted octanol–water partition coefficient (Wildman–Crippen LogP) is 4.08. The Morgan fingerprint density at radius 2 is 1.35 bits per heavy atom. The Morgan fingerprint density at radius 3 is 1.76 bits per heavy atom. The molecule has 0 aliphatic heterocycles. The second-order valence-corrected chi connectivity index (χ2v) is 8.02. The Morgan fingerprint density at radius 1 is 0.882 bits per heavy atom. The molecule has 100 valence electrons. The zero-order chi connectivity index (χ0) is 12.8. The highest BCUT2D eigenvalue weighted by atomic mass is 14.9. The standard InChI is InChI=1S/C16H31N/c1-11-7-12(2)9-13(8-11)17-10-14-15(3,4)16(14,5)6/h11-14,17H,7-10H2,1-6H3. The van der Waals surface area contributed by atoms with Crippen LogP contribution >= 0.6 is 0 Å². The van der Waals surface area contributed by atoms with Gasteiger partial charge in [0.15, 0.2) is 0 Å². The summed E-state index contributed by atoms with van der Waals surface area (Å²) in [6.45, 7) is 15.7. The van der Waals surface area contributed by atoms with Crippen LogP contribution in [0.3, 0.4) is 0 Å². The first-order valence-electron chi connectivity index (χ1n) is 7.48. The smallest absolute Gasteiger partial charge is 0.00722 e. The molecular formula is C16H31N. The highest BCUT2D eigenvalue weighted by Crippen LogP contribution is 2.67. The molecule has 2 unspecified atom stereocenters. The predicted molar refractivity (Wildman–Crippen MR) is 75.0 cm³/mol. The summed E-state index contributed by atoms with van der Waals surface area (Å²) in [4.78, 5) is 0. The molecule has 0 aromatic rings. The summed E-state index contributed by atoms with van der Waals surface area (Å²) in [5.74, 6) is 2.69. The molecule has 0 bridgehead atoms. The molecule has 0 radical (unpaired) electrons. The van der Waals surface area contributed by atoms with E-state index in [2.05, 4.69) is 46.9 Å². The molecule has 2 aliphatic rings. The average Bonchev–Trinajstić information content (AvgIpc) is 2.53. The van der Waals surface area contributed by atoms with Crippen molar-refractivity contribution < 1.29 is 0 Å². The number of nitrogens with one attached hydrogen (secondary N) is 1. The summed E-state index contributed by atoms with van der Waals surface area (Å²) in [6.07, 6.45) is 4.20. The number of rotatable bonds is 3. The van der Waals surface area contributed by atoms with Gasteiger partial charge in [-0.25, -0.2) is 0 Å². The molecule has 0 aromatic heterocycles. The van der Waals surface area contributed by atoms with Crippen molar-refractivity contribution >= 4 is 0 Å². The first kappa shape index (κ1) is 13.4. The van der Waals surface area contributed by atoms with Crippen LogP contribution < -0.4 is 5.32 Å². The summed E-state index contributed by atoms with van der Waals surface area (Å²) >= 11 is 0. The van der Waals surface area contributed by atoms with Crippen molar-refractivity contribution in [3.05, 3.63) is 0 Å². The van der Waals surface area contributed by atoms with E-state index in [0.29, 0.717) is 10.8 Å². The molecule has 17 heavy (non-hydrogen) atoms. The second kappa shape index (κ2) is 4.26. The normalized spacial score (nSPS) is 40.2. The van der Waals surface area contributed by atoms with Crippen LogP contribution in [0.4, 0.5) is 0 Å². The van der Waals surface area contributed by atoms with Gasteiger partial charge in [0.1, 0.15) is 0 Å². The maximum Gasteiger partial charge on any atom is 0.00722 e. The highest BCUT2D eigenvalue weighted by Gasteiger charge is 2.63. The van der Waals surface area contributed by atoms with E-state index in [1.807, 2.05) is 0 Å². The molecular weight excluding hydrogens is 206 g/mol. The molecule has 2 rings (SSSR count). The zero-order valence-corrected chi connectivity index (χ0v) is 12.6. The van der Waals surface area contributed by atoms with E-state index in [4.69, 9.17) is 0 Å². The van der Waals surface area contributed by atoms with Crippen molar-refractivity contribution in [2.45, 2.75) is 66.8 Å². The van der Waals surface area contributed by atoms with Gasteiger partial charge in [-0.2, -0.15) is 0 Å². The second-order valence-electron chi connectivity index (χ2n) is 8.02.